The van der Waals surface area contributed by atoms with E-state index in [4.69, 9.17) is 8.83 Å². The second kappa shape index (κ2) is 5.76. The number of carbonyl (C=O) groups excluding carboxylic acids is 1. The number of benzene rings is 1. The molecule has 3 aromatic rings. The summed E-state index contributed by atoms with van der Waals surface area (Å²) in [6, 6.07) is 2.35. The molecule has 0 radical (unpaired) electrons. The number of furan rings is 1. The topological polar surface area (TPSA) is 72.5 Å². The van der Waals surface area contributed by atoms with Crippen LogP contribution in [0, 0.1) is 20.8 Å². The number of carbonyl (C=O) groups is 1. The van der Waals surface area contributed by atoms with Crippen LogP contribution in [0.25, 0.3) is 21.9 Å². The van der Waals surface area contributed by atoms with E-state index in [9.17, 15) is 9.59 Å². The fraction of sp³-hybridized carbons (Fsp3) is 0.400. The van der Waals surface area contributed by atoms with E-state index in [-0.39, 0.29) is 11.5 Å². The third-order valence-corrected chi connectivity index (χ3v) is 5.08. The van der Waals surface area contributed by atoms with E-state index in [0.29, 0.717) is 30.0 Å². The number of rotatable bonds is 4. The molecule has 0 atom stereocenters. The van der Waals surface area contributed by atoms with Gasteiger partial charge in [0.1, 0.15) is 11.2 Å². The average Bonchev–Trinajstić information content (AvgIpc) is 3.30. The highest BCUT2D eigenvalue weighted by Crippen LogP contribution is 2.32. The van der Waals surface area contributed by atoms with Crippen molar-refractivity contribution < 1.29 is 13.6 Å². The lowest BCUT2D eigenvalue weighted by molar-refractivity contribution is -0.121. The van der Waals surface area contributed by atoms with Crippen molar-refractivity contribution in [2.75, 3.05) is 0 Å². The minimum Gasteiger partial charge on any atom is -0.464 e. The minimum atomic E-state index is -0.366. The normalized spacial score (nSPS) is 14.4. The second-order valence-corrected chi connectivity index (χ2v) is 7.01. The molecule has 0 saturated heterocycles. The van der Waals surface area contributed by atoms with Crippen LogP contribution in [0.1, 0.15) is 41.5 Å². The summed E-state index contributed by atoms with van der Waals surface area (Å²) in [4.78, 5) is 24.4. The van der Waals surface area contributed by atoms with Gasteiger partial charge in [-0.2, -0.15) is 0 Å². The Labute approximate surface area is 145 Å². The predicted molar refractivity (Wildman–Crippen MR) is 96.0 cm³/mol. The maximum absolute atomic E-state index is 12.5. The molecule has 1 aliphatic carbocycles. The maximum atomic E-state index is 12.5. The molecule has 2 heterocycles. The van der Waals surface area contributed by atoms with Gasteiger partial charge in [-0.05, 0) is 57.2 Å². The van der Waals surface area contributed by atoms with E-state index >= 15 is 0 Å². The fourth-order valence-electron chi connectivity index (χ4n) is 3.37. The molecule has 25 heavy (non-hydrogen) atoms. The van der Waals surface area contributed by atoms with Crippen molar-refractivity contribution in [1.82, 2.24) is 5.32 Å². The van der Waals surface area contributed by atoms with Crippen molar-refractivity contribution in [3.8, 4) is 0 Å². The van der Waals surface area contributed by atoms with Gasteiger partial charge in [-0.3, -0.25) is 4.79 Å². The number of aryl methyl sites for hydroxylation is 3. The summed E-state index contributed by atoms with van der Waals surface area (Å²) >= 11 is 0. The summed E-state index contributed by atoms with van der Waals surface area (Å²) in [7, 11) is 0. The van der Waals surface area contributed by atoms with Gasteiger partial charge >= 0.3 is 5.63 Å². The quantitative estimate of drug-likeness (QED) is 0.736. The number of nitrogens with one attached hydrogen (secondary N) is 1. The molecule has 4 rings (SSSR count). The van der Waals surface area contributed by atoms with Gasteiger partial charge in [0.2, 0.25) is 5.91 Å². The zero-order valence-electron chi connectivity index (χ0n) is 14.7. The van der Waals surface area contributed by atoms with Crippen LogP contribution >= 0.6 is 0 Å². The molecule has 0 unspecified atom stereocenters. The Bertz CT molecular complexity index is 1050. The van der Waals surface area contributed by atoms with E-state index < -0.39 is 0 Å². The Kier molecular flexibility index (Phi) is 3.67. The standard InChI is InChI=1S/C20H21NO4/c1-10-9-24-18-12(3)19-16(8-15(10)18)11(2)14(20(23)25-19)6-7-17(22)21-13-4-5-13/h8-9,13H,4-7H2,1-3H3,(H,21,22). The molecular weight excluding hydrogens is 318 g/mol. The molecule has 0 bridgehead atoms. The fourth-order valence-corrected chi connectivity index (χ4v) is 3.37. The summed E-state index contributed by atoms with van der Waals surface area (Å²) in [5.74, 6) is -0.00120. The van der Waals surface area contributed by atoms with Crippen molar-refractivity contribution in [2.45, 2.75) is 52.5 Å². The van der Waals surface area contributed by atoms with Crippen LogP contribution in [-0.4, -0.2) is 11.9 Å². The van der Waals surface area contributed by atoms with Crippen LogP contribution in [0.4, 0.5) is 0 Å². The molecule has 1 aromatic carbocycles. The molecule has 1 saturated carbocycles. The Morgan fingerprint density at radius 3 is 2.64 bits per heavy atom. The van der Waals surface area contributed by atoms with Crippen molar-refractivity contribution in [2.24, 2.45) is 0 Å². The molecular formula is C20H21NO4. The van der Waals surface area contributed by atoms with E-state index in [1.807, 2.05) is 26.8 Å². The number of hydrogen-bond donors (Lipinski definition) is 1. The predicted octanol–water partition coefficient (Wildman–Crippen LogP) is 3.68. The molecule has 130 valence electrons. The van der Waals surface area contributed by atoms with Gasteiger partial charge in [0.05, 0.1) is 6.26 Å². The van der Waals surface area contributed by atoms with Gasteiger partial charge < -0.3 is 14.2 Å². The zero-order chi connectivity index (χ0) is 17.7. The number of hydrogen-bond acceptors (Lipinski definition) is 4. The first-order valence-electron chi connectivity index (χ1n) is 8.68. The highest BCUT2D eigenvalue weighted by Gasteiger charge is 2.23. The van der Waals surface area contributed by atoms with Gasteiger partial charge in [0.15, 0.2) is 0 Å². The largest absolute Gasteiger partial charge is 0.464 e. The molecule has 0 spiro atoms. The summed E-state index contributed by atoms with van der Waals surface area (Å²) < 4.78 is 11.2. The highest BCUT2D eigenvalue weighted by atomic mass is 16.4. The lowest BCUT2D eigenvalue weighted by Crippen LogP contribution is -2.26. The molecule has 2 aromatic heterocycles. The van der Waals surface area contributed by atoms with Gasteiger partial charge in [-0.15, -0.1) is 0 Å². The second-order valence-electron chi connectivity index (χ2n) is 7.01. The highest BCUT2D eigenvalue weighted by molar-refractivity contribution is 5.99. The van der Waals surface area contributed by atoms with Gasteiger partial charge in [0, 0.05) is 34.4 Å². The number of fused-ring (bicyclic) bond motifs is 2. The third-order valence-electron chi connectivity index (χ3n) is 5.08. The zero-order valence-corrected chi connectivity index (χ0v) is 14.7. The van der Waals surface area contributed by atoms with Gasteiger partial charge in [0.25, 0.3) is 0 Å². The third kappa shape index (κ3) is 2.73. The molecule has 5 nitrogen and oxygen atoms in total. The molecule has 1 amide bonds. The van der Waals surface area contributed by atoms with E-state index in [2.05, 4.69) is 5.32 Å². The Balaban J connectivity index is 1.77. The Morgan fingerprint density at radius 2 is 1.92 bits per heavy atom. The van der Waals surface area contributed by atoms with Crippen LogP contribution in [0.15, 0.2) is 26.0 Å². The van der Waals surface area contributed by atoms with Crippen LogP contribution in [-0.2, 0) is 11.2 Å². The smallest absolute Gasteiger partial charge is 0.339 e. The molecule has 5 heteroatoms. The summed E-state index contributed by atoms with van der Waals surface area (Å²) in [6.07, 6.45) is 4.53. The van der Waals surface area contributed by atoms with Crippen molar-refractivity contribution in [3.05, 3.63) is 45.0 Å². The van der Waals surface area contributed by atoms with Crippen LogP contribution in [0.3, 0.4) is 0 Å². The molecule has 1 N–H and O–H groups in total. The molecule has 0 aliphatic heterocycles. The summed E-state index contributed by atoms with van der Waals surface area (Å²) in [5, 5.41) is 4.89. The van der Waals surface area contributed by atoms with Crippen LogP contribution in [0.2, 0.25) is 0 Å². The van der Waals surface area contributed by atoms with Crippen molar-refractivity contribution >= 4 is 27.8 Å². The monoisotopic (exact) mass is 339 g/mol. The maximum Gasteiger partial charge on any atom is 0.339 e. The molecule has 1 aliphatic rings. The first-order valence-corrected chi connectivity index (χ1v) is 8.68. The van der Waals surface area contributed by atoms with E-state index in [1.165, 1.54) is 0 Å². The molecule has 1 fully saturated rings. The Morgan fingerprint density at radius 1 is 1.16 bits per heavy atom. The van der Waals surface area contributed by atoms with Gasteiger partial charge in [-0.1, -0.05) is 0 Å². The van der Waals surface area contributed by atoms with E-state index in [1.54, 1.807) is 6.26 Å². The SMILES string of the molecule is Cc1coc2c(C)c3oc(=O)c(CCC(=O)NC4CC4)c(C)c3cc12. The summed E-state index contributed by atoms with van der Waals surface area (Å²) in [5.41, 5.74) is 4.30. The minimum absolute atomic E-state index is 0.00120. The number of amides is 1. The first kappa shape index (κ1) is 15.9. The summed E-state index contributed by atoms with van der Waals surface area (Å²) in [6.45, 7) is 5.82. The van der Waals surface area contributed by atoms with Crippen LogP contribution < -0.4 is 10.9 Å². The lowest BCUT2D eigenvalue weighted by atomic mass is 9.98. The van der Waals surface area contributed by atoms with Crippen LogP contribution in [0.5, 0.6) is 0 Å². The van der Waals surface area contributed by atoms with Crippen molar-refractivity contribution in [1.29, 1.82) is 0 Å². The average molecular weight is 339 g/mol. The van der Waals surface area contributed by atoms with Crippen molar-refractivity contribution in [3.63, 3.8) is 0 Å². The van der Waals surface area contributed by atoms with E-state index in [0.717, 1.165) is 45.9 Å². The Hall–Kier alpha value is -2.56. The lowest BCUT2D eigenvalue weighted by Gasteiger charge is -2.10. The van der Waals surface area contributed by atoms with Gasteiger partial charge in [-0.25, -0.2) is 4.79 Å². The first-order chi connectivity index (χ1) is 12.0.